The van der Waals surface area contributed by atoms with Gasteiger partial charge in [-0.05, 0) is 62.0 Å². The van der Waals surface area contributed by atoms with E-state index in [1.54, 1.807) is 7.11 Å². The van der Waals surface area contributed by atoms with Crippen molar-refractivity contribution < 1.29 is 9.84 Å². The summed E-state index contributed by atoms with van der Waals surface area (Å²) < 4.78 is 7.15. The third-order valence-corrected chi connectivity index (χ3v) is 7.05. The Morgan fingerprint density at radius 3 is 2.68 bits per heavy atom. The van der Waals surface area contributed by atoms with Crippen LogP contribution in [0.3, 0.4) is 0 Å². The summed E-state index contributed by atoms with van der Waals surface area (Å²) in [6.07, 6.45) is 0. The number of aryl methyl sites for hydroxylation is 1. The third-order valence-electron chi connectivity index (χ3n) is 6.87. The molecule has 9 heteroatoms. The number of hydrogen-bond donors (Lipinski definition) is 2. The second kappa shape index (κ2) is 11.2. The van der Waals surface area contributed by atoms with Crippen LogP contribution in [0.15, 0.2) is 83.0 Å². The van der Waals surface area contributed by atoms with Gasteiger partial charge in [-0.15, -0.1) is 10.2 Å². The highest BCUT2D eigenvalue weighted by molar-refractivity contribution is 7.80. The largest absolute Gasteiger partial charge is 0.497 e. The van der Waals surface area contributed by atoms with Gasteiger partial charge in [-0.2, -0.15) is 0 Å². The number of anilines is 2. The Labute approximate surface area is 228 Å². The maximum atomic E-state index is 11.2. The molecule has 2 heterocycles. The lowest BCUT2D eigenvalue weighted by Crippen LogP contribution is -2.52. The van der Waals surface area contributed by atoms with Crippen LogP contribution in [0.4, 0.5) is 17.1 Å². The van der Waals surface area contributed by atoms with Crippen LogP contribution in [0, 0.1) is 6.92 Å². The standard InChI is InChI=1S/C29H32N6O2S/c1-20-8-6-10-23(16-20)34-15-14-33(18-21(34)2)19-35-26-13-5-4-12-25(26)27(28(35)36)31-32-29(38)30-22-9-7-11-24(17-22)37-3/h4-13,16-17,21,36H,14-15,18-19H2,1-3H3,(H,30,38)/t21-/m0/s1. The van der Waals surface area contributed by atoms with Crippen LogP contribution < -0.4 is 15.0 Å². The Morgan fingerprint density at radius 2 is 1.89 bits per heavy atom. The zero-order valence-corrected chi connectivity index (χ0v) is 22.7. The molecule has 1 saturated heterocycles. The predicted molar refractivity (Wildman–Crippen MR) is 157 cm³/mol. The maximum absolute atomic E-state index is 11.2. The highest BCUT2D eigenvalue weighted by Crippen LogP contribution is 2.39. The molecule has 1 aliphatic rings. The van der Waals surface area contributed by atoms with Crippen LogP contribution in [0.2, 0.25) is 0 Å². The number of hydrogen-bond acceptors (Lipinski definition) is 6. The van der Waals surface area contributed by atoms with Gasteiger partial charge in [-0.25, -0.2) is 0 Å². The van der Waals surface area contributed by atoms with Crippen molar-refractivity contribution in [3.63, 3.8) is 0 Å². The molecule has 0 spiro atoms. The highest BCUT2D eigenvalue weighted by Gasteiger charge is 2.26. The molecular weight excluding hydrogens is 496 g/mol. The lowest BCUT2D eigenvalue weighted by Gasteiger charge is -2.41. The second-order valence-corrected chi connectivity index (χ2v) is 9.97. The third kappa shape index (κ3) is 5.49. The molecule has 0 unspecified atom stereocenters. The maximum Gasteiger partial charge on any atom is 0.221 e. The highest BCUT2D eigenvalue weighted by atomic mass is 32.1. The fourth-order valence-electron chi connectivity index (χ4n) is 5.01. The Balaban J connectivity index is 1.33. The van der Waals surface area contributed by atoms with E-state index in [2.05, 4.69) is 63.5 Å². The molecule has 1 atom stereocenters. The number of fused-ring (bicyclic) bond motifs is 1. The van der Waals surface area contributed by atoms with Crippen LogP contribution in [-0.2, 0) is 6.67 Å². The van der Waals surface area contributed by atoms with Gasteiger partial charge in [-0.3, -0.25) is 9.47 Å². The molecule has 38 heavy (non-hydrogen) atoms. The summed E-state index contributed by atoms with van der Waals surface area (Å²) in [7, 11) is 1.61. The number of nitrogens with zero attached hydrogens (tertiary/aromatic N) is 5. The molecule has 8 nitrogen and oxygen atoms in total. The zero-order chi connectivity index (χ0) is 26.6. The fraction of sp³-hybridized carbons (Fsp3) is 0.276. The first-order valence-electron chi connectivity index (χ1n) is 12.7. The molecule has 1 fully saturated rings. The van der Waals surface area contributed by atoms with Crippen molar-refractivity contribution in [3.8, 4) is 11.6 Å². The normalized spacial score (nSPS) is 16.3. The van der Waals surface area contributed by atoms with Gasteiger partial charge in [0.25, 0.3) is 0 Å². The SMILES string of the molecule is COc1cccc(NC(=S)N=Nc2c(O)n(CN3CCN(c4cccc(C)c4)[C@@H](C)C3)c3ccccc23)c1. The van der Waals surface area contributed by atoms with Crippen molar-refractivity contribution in [1.29, 1.82) is 0 Å². The summed E-state index contributed by atoms with van der Waals surface area (Å²) in [5.74, 6) is 0.789. The molecule has 3 aromatic carbocycles. The molecule has 4 aromatic rings. The van der Waals surface area contributed by atoms with E-state index in [4.69, 9.17) is 17.0 Å². The first-order valence-corrected chi connectivity index (χ1v) is 13.1. The topological polar surface area (TPSA) is 77.6 Å². The average Bonchev–Trinajstić information content (AvgIpc) is 3.18. The van der Waals surface area contributed by atoms with Crippen molar-refractivity contribution in [2.45, 2.75) is 26.6 Å². The van der Waals surface area contributed by atoms with Crippen molar-refractivity contribution in [2.24, 2.45) is 10.2 Å². The number of benzene rings is 3. The lowest BCUT2D eigenvalue weighted by molar-refractivity contribution is 0.179. The minimum atomic E-state index is 0.0768. The number of piperazine rings is 1. The number of azo groups is 1. The molecule has 0 radical (unpaired) electrons. The second-order valence-electron chi connectivity index (χ2n) is 9.58. The summed E-state index contributed by atoms with van der Waals surface area (Å²) in [5, 5.41) is 23.8. The molecule has 1 aliphatic heterocycles. The van der Waals surface area contributed by atoms with Crippen molar-refractivity contribution >= 4 is 45.3 Å². The quantitative estimate of drug-likeness (QED) is 0.226. The number of ether oxygens (including phenoxy) is 1. The van der Waals surface area contributed by atoms with Gasteiger partial charge >= 0.3 is 0 Å². The first kappa shape index (κ1) is 25.7. The van der Waals surface area contributed by atoms with Gasteiger partial charge in [0.15, 0.2) is 5.69 Å². The van der Waals surface area contributed by atoms with Gasteiger partial charge < -0.3 is 20.1 Å². The Hall–Kier alpha value is -3.95. The van der Waals surface area contributed by atoms with E-state index in [9.17, 15) is 5.11 Å². The number of methoxy groups -OCH3 is 1. The Kier molecular flexibility index (Phi) is 7.57. The van der Waals surface area contributed by atoms with Gasteiger partial charge in [0.2, 0.25) is 11.0 Å². The van der Waals surface area contributed by atoms with Gasteiger partial charge in [-0.1, -0.05) is 36.4 Å². The summed E-state index contributed by atoms with van der Waals surface area (Å²) in [5.41, 5.74) is 4.58. The number of rotatable bonds is 6. The van der Waals surface area contributed by atoms with Crippen LogP contribution in [-0.4, -0.2) is 52.5 Å². The molecule has 0 bridgehead atoms. The molecule has 2 N–H and O–H groups in total. The lowest BCUT2D eigenvalue weighted by atomic mass is 10.1. The summed E-state index contributed by atoms with van der Waals surface area (Å²) >= 11 is 5.38. The van der Waals surface area contributed by atoms with E-state index in [-0.39, 0.29) is 11.0 Å². The number of para-hydroxylation sites is 1. The van der Waals surface area contributed by atoms with E-state index in [1.165, 1.54) is 11.3 Å². The number of aromatic hydroxyl groups is 1. The number of aromatic nitrogens is 1. The predicted octanol–water partition coefficient (Wildman–Crippen LogP) is 6.31. The zero-order valence-electron chi connectivity index (χ0n) is 21.8. The Morgan fingerprint density at radius 1 is 1.08 bits per heavy atom. The molecule has 0 amide bonds. The van der Waals surface area contributed by atoms with Crippen LogP contribution >= 0.6 is 12.2 Å². The van der Waals surface area contributed by atoms with E-state index < -0.39 is 0 Å². The molecular formula is C29H32N6O2S. The van der Waals surface area contributed by atoms with Crippen molar-refractivity contribution in [3.05, 3.63) is 78.4 Å². The summed E-state index contributed by atoms with van der Waals surface area (Å²) in [6.45, 7) is 7.61. The molecule has 5 rings (SSSR count). The molecule has 1 aromatic heterocycles. The fourth-order valence-corrected chi connectivity index (χ4v) is 5.17. The first-order chi connectivity index (χ1) is 18.4. The average molecular weight is 529 g/mol. The van der Waals surface area contributed by atoms with Crippen molar-refractivity contribution in [2.75, 3.05) is 37.0 Å². The number of thiocarbonyl (C=S) groups is 1. The van der Waals surface area contributed by atoms with E-state index in [1.807, 2.05) is 53.1 Å². The van der Waals surface area contributed by atoms with Crippen molar-refractivity contribution in [1.82, 2.24) is 9.47 Å². The summed E-state index contributed by atoms with van der Waals surface area (Å²) in [4.78, 5) is 4.81. The van der Waals surface area contributed by atoms with E-state index in [0.29, 0.717) is 24.1 Å². The summed E-state index contributed by atoms with van der Waals surface area (Å²) in [6, 6.07) is 24.2. The van der Waals surface area contributed by atoms with E-state index >= 15 is 0 Å². The minimum absolute atomic E-state index is 0.0768. The minimum Gasteiger partial charge on any atom is -0.497 e. The van der Waals surface area contributed by atoms with E-state index in [0.717, 1.165) is 36.2 Å². The smallest absolute Gasteiger partial charge is 0.221 e. The molecule has 196 valence electrons. The monoisotopic (exact) mass is 528 g/mol. The molecule has 0 aliphatic carbocycles. The van der Waals surface area contributed by atoms with Gasteiger partial charge in [0.05, 0.1) is 19.3 Å². The van der Waals surface area contributed by atoms with Gasteiger partial charge in [0, 0.05) is 48.5 Å². The van der Waals surface area contributed by atoms with Crippen LogP contribution in [0.1, 0.15) is 12.5 Å². The van der Waals surface area contributed by atoms with Crippen LogP contribution in [0.25, 0.3) is 10.9 Å². The Bertz CT molecular complexity index is 1480. The van der Waals surface area contributed by atoms with Crippen LogP contribution in [0.5, 0.6) is 11.6 Å². The molecule has 0 saturated carbocycles. The van der Waals surface area contributed by atoms with Gasteiger partial charge in [0.1, 0.15) is 5.75 Å². The number of nitrogens with one attached hydrogen (secondary N) is 1.